The normalized spacial score (nSPS) is 22.4. The molecule has 1 amide bonds. The summed E-state index contributed by atoms with van der Waals surface area (Å²) < 4.78 is 0. The van der Waals surface area contributed by atoms with Gasteiger partial charge in [0.15, 0.2) is 0 Å². The fourth-order valence-corrected chi connectivity index (χ4v) is 2.35. The van der Waals surface area contributed by atoms with Gasteiger partial charge in [-0.05, 0) is 36.6 Å². The summed E-state index contributed by atoms with van der Waals surface area (Å²) in [4.78, 5) is 11.8. The van der Waals surface area contributed by atoms with Crippen LogP contribution in [0.1, 0.15) is 36.8 Å². The van der Waals surface area contributed by atoms with Crippen LogP contribution >= 0.6 is 0 Å². The van der Waals surface area contributed by atoms with Gasteiger partial charge in [0.2, 0.25) is 5.91 Å². The summed E-state index contributed by atoms with van der Waals surface area (Å²) in [5, 5.41) is 21.3. The Morgan fingerprint density at radius 2 is 2.00 bits per heavy atom. The van der Waals surface area contributed by atoms with Crippen molar-refractivity contribution in [3.05, 3.63) is 41.5 Å². The number of nitrogens with zero attached hydrogens (tertiary/aromatic N) is 1. The van der Waals surface area contributed by atoms with Crippen LogP contribution < -0.4 is 5.32 Å². The van der Waals surface area contributed by atoms with Gasteiger partial charge in [-0.1, -0.05) is 25.0 Å². The largest absolute Gasteiger partial charge is 0.391 e. The molecule has 1 aromatic rings. The zero-order valence-corrected chi connectivity index (χ0v) is 11.2. The lowest BCUT2D eigenvalue weighted by Crippen LogP contribution is -2.44. The molecule has 4 heteroatoms. The van der Waals surface area contributed by atoms with Crippen LogP contribution in [-0.2, 0) is 4.79 Å². The van der Waals surface area contributed by atoms with E-state index in [-0.39, 0.29) is 11.9 Å². The lowest BCUT2D eigenvalue weighted by molar-refractivity contribution is -0.118. The second-order valence-corrected chi connectivity index (χ2v) is 5.03. The van der Waals surface area contributed by atoms with Crippen LogP contribution in [0.25, 0.3) is 6.08 Å². The Morgan fingerprint density at radius 1 is 1.30 bits per heavy atom. The summed E-state index contributed by atoms with van der Waals surface area (Å²) in [6.45, 7) is 0. The number of rotatable bonds is 3. The van der Waals surface area contributed by atoms with Gasteiger partial charge in [-0.2, -0.15) is 5.26 Å². The Labute approximate surface area is 118 Å². The molecule has 0 aromatic heterocycles. The highest BCUT2D eigenvalue weighted by molar-refractivity contribution is 5.91. The van der Waals surface area contributed by atoms with E-state index in [1.165, 1.54) is 6.08 Å². The van der Waals surface area contributed by atoms with Gasteiger partial charge in [0.05, 0.1) is 23.8 Å². The predicted molar refractivity (Wildman–Crippen MR) is 76.6 cm³/mol. The van der Waals surface area contributed by atoms with E-state index in [1.807, 2.05) is 6.07 Å². The number of amides is 1. The lowest BCUT2D eigenvalue weighted by Gasteiger charge is -2.27. The molecule has 0 saturated heterocycles. The van der Waals surface area contributed by atoms with Crippen molar-refractivity contribution < 1.29 is 9.90 Å². The smallest absolute Gasteiger partial charge is 0.244 e. The highest BCUT2D eigenvalue weighted by Gasteiger charge is 2.23. The maximum absolute atomic E-state index is 11.8. The first-order valence-corrected chi connectivity index (χ1v) is 6.86. The molecule has 1 aliphatic rings. The Balaban J connectivity index is 1.89. The van der Waals surface area contributed by atoms with Crippen LogP contribution in [0, 0.1) is 11.3 Å². The zero-order chi connectivity index (χ0) is 14.4. The lowest BCUT2D eigenvalue weighted by atomic mass is 9.92. The highest BCUT2D eigenvalue weighted by Crippen LogP contribution is 2.18. The first-order valence-electron chi connectivity index (χ1n) is 6.86. The van der Waals surface area contributed by atoms with Gasteiger partial charge in [-0.25, -0.2) is 0 Å². The fraction of sp³-hybridized carbons (Fsp3) is 0.375. The van der Waals surface area contributed by atoms with Crippen molar-refractivity contribution in [2.24, 2.45) is 0 Å². The quantitative estimate of drug-likeness (QED) is 0.825. The Kier molecular flexibility index (Phi) is 4.91. The molecule has 20 heavy (non-hydrogen) atoms. The molecular weight excluding hydrogens is 252 g/mol. The zero-order valence-electron chi connectivity index (χ0n) is 11.2. The van der Waals surface area contributed by atoms with Crippen LogP contribution in [-0.4, -0.2) is 23.2 Å². The summed E-state index contributed by atoms with van der Waals surface area (Å²) in [6.07, 6.45) is 6.38. The van der Waals surface area contributed by atoms with E-state index < -0.39 is 6.10 Å². The van der Waals surface area contributed by atoms with Gasteiger partial charge in [0, 0.05) is 6.08 Å². The predicted octanol–water partition coefficient (Wildman–Crippen LogP) is 1.99. The standard InChI is InChI=1S/C16H18N2O2/c17-11-13-7-5-12(6-8-13)9-10-16(20)18-14-3-1-2-4-15(14)19/h5-10,14-15,19H,1-4H2,(H,18,20)/b10-9+/t14-,15-/m1/s1. The number of benzene rings is 1. The summed E-state index contributed by atoms with van der Waals surface area (Å²) >= 11 is 0. The van der Waals surface area contributed by atoms with Crippen molar-refractivity contribution in [1.82, 2.24) is 5.32 Å². The van der Waals surface area contributed by atoms with Gasteiger partial charge in [0.1, 0.15) is 0 Å². The number of carbonyl (C=O) groups is 1. The van der Waals surface area contributed by atoms with E-state index in [0.29, 0.717) is 5.56 Å². The summed E-state index contributed by atoms with van der Waals surface area (Å²) in [5.74, 6) is -0.194. The molecule has 1 saturated carbocycles. The summed E-state index contributed by atoms with van der Waals surface area (Å²) in [6, 6.07) is 8.91. The van der Waals surface area contributed by atoms with Gasteiger partial charge in [-0.3, -0.25) is 4.79 Å². The molecule has 0 unspecified atom stereocenters. The van der Waals surface area contributed by atoms with Crippen LogP contribution in [0.15, 0.2) is 30.3 Å². The van der Waals surface area contributed by atoms with Crippen LogP contribution in [0.3, 0.4) is 0 Å². The third kappa shape index (κ3) is 3.94. The second kappa shape index (κ2) is 6.88. The van der Waals surface area contributed by atoms with E-state index in [9.17, 15) is 9.90 Å². The Morgan fingerprint density at radius 3 is 2.65 bits per heavy atom. The van der Waals surface area contributed by atoms with Gasteiger partial charge in [0.25, 0.3) is 0 Å². The molecule has 0 aliphatic heterocycles. The third-order valence-electron chi connectivity index (χ3n) is 3.52. The van der Waals surface area contributed by atoms with Crippen LogP contribution in [0.4, 0.5) is 0 Å². The van der Waals surface area contributed by atoms with E-state index in [4.69, 9.17) is 5.26 Å². The first kappa shape index (κ1) is 14.3. The number of nitriles is 1. The van der Waals surface area contributed by atoms with Crippen molar-refractivity contribution in [2.45, 2.75) is 37.8 Å². The van der Waals surface area contributed by atoms with Crippen molar-refractivity contribution in [1.29, 1.82) is 5.26 Å². The van der Waals surface area contributed by atoms with Crippen molar-refractivity contribution in [2.75, 3.05) is 0 Å². The number of nitrogens with one attached hydrogen (secondary N) is 1. The molecule has 0 radical (unpaired) electrons. The van der Waals surface area contributed by atoms with E-state index in [0.717, 1.165) is 31.2 Å². The third-order valence-corrected chi connectivity index (χ3v) is 3.52. The van der Waals surface area contributed by atoms with Crippen molar-refractivity contribution in [3.63, 3.8) is 0 Å². The molecule has 104 valence electrons. The van der Waals surface area contributed by atoms with E-state index in [2.05, 4.69) is 5.32 Å². The minimum atomic E-state index is -0.434. The number of aliphatic hydroxyl groups is 1. The molecule has 0 spiro atoms. The summed E-state index contributed by atoms with van der Waals surface area (Å²) in [7, 11) is 0. The monoisotopic (exact) mass is 270 g/mol. The average Bonchev–Trinajstić information content (AvgIpc) is 2.48. The number of aliphatic hydroxyl groups excluding tert-OH is 1. The molecule has 2 rings (SSSR count). The maximum atomic E-state index is 11.8. The van der Waals surface area contributed by atoms with Crippen molar-refractivity contribution in [3.8, 4) is 6.07 Å². The van der Waals surface area contributed by atoms with E-state index >= 15 is 0 Å². The molecule has 1 aliphatic carbocycles. The Bertz CT molecular complexity index is 528. The molecule has 2 atom stereocenters. The topological polar surface area (TPSA) is 73.1 Å². The van der Waals surface area contributed by atoms with Gasteiger partial charge >= 0.3 is 0 Å². The molecule has 1 fully saturated rings. The summed E-state index contributed by atoms with van der Waals surface area (Å²) in [5.41, 5.74) is 1.46. The molecule has 0 heterocycles. The van der Waals surface area contributed by atoms with Crippen LogP contribution in [0.5, 0.6) is 0 Å². The molecule has 0 bridgehead atoms. The molecule has 1 aromatic carbocycles. The number of hydrogen-bond donors (Lipinski definition) is 2. The number of hydrogen-bond acceptors (Lipinski definition) is 3. The van der Waals surface area contributed by atoms with Gasteiger partial charge < -0.3 is 10.4 Å². The average molecular weight is 270 g/mol. The van der Waals surface area contributed by atoms with Crippen LogP contribution in [0.2, 0.25) is 0 Å². The minimum Gasteiger partial charge on any atom is -0.391 e. The molecular formula is C16H18N2O2. The minimum absolute atomic E-state index is 0.137. The number of carbonyl (C=O) groups excluding carboxylic acids is 1. The van der Waals surface area contributed by atoms with E-state index in [1.54, 1.807) is 30.3 Å². The molecule has 4 nitrogen and oxygen atoms in total. The second-order valence-electron chi connectivity index (χ2n) is 5.03. The Hall–Kier alpha value is -2.12. The fourth-order valence-electron chi connectivity index (χ4n) is 2.35. The van der Waals surface area contributed by atoms with Crippen molar-refractivity contribution >= 4 is 12.0 Å². The highest BCUT2D eigenvalue weighted by atomic mass is 16.3. The molecule has 2 N–H and O–H groups in total. The maximum Gasteiger partial charge on any atom is 0.244 e. The SMILES string of the molecule is N#Cc1ccc(/C=C/C(=O)N[C@@H]2CCCC[C@H]2O)cc1. The van der Waals surface area contributed by atoms with Gasteiger partial charge in [-0.15, -0.1) is 0 Å². The first-order chi connectivity index (χ1) is 9.69.